The molecular weight excluding hydrogens is 194 g/mol. The molecule has 1 saturated heterocycles. The molecule has 4 N–H and O–H groups in total. The zero-order chi connectivity index (χ0) is 11.1. The van der Waals surface area contributed by atoms with Gasteiger partial charge in [-0.05, 0) is 38.3 Å². The second kappa shape index (κ2) is 6.76. The number of hydrogen-bond acceptors (Lipinski definition) is 4. The molecule has 1 rings (SSSR count). The molecule has 1 aliphatic rings. The summed E-state index contributed by atoms with van der Waals surface area (Å²) < 4.78 is 0. The molecule has 1 fully saturated rings. The zero-order valence-electron chi connectivity index (χ0n) is 9.11. The van der Waals surface area contributed by atoms with Crippen molar-refractivity contribution >= 4 is 5.91 Å². The molecule has 1 amide bonds. The number of amides is 1. The molecule has 1 unspecified atom stereocenters. The topological polar surface area (TPSA) is 78.6 Å². The Hall–Kier alpha value is -0.650. The van der Waals surface area contributed by atoms with Crippen LogP contribution in [0.3, 0.4) is 0 Å². The van der Waals surface area contributed by atoms with Crippen molar-refractivity contribution in [2.45, 2.75) is 25.7 Å². The van der Waals surface area contributed by atoms with Crippen LogP contribution in [-0.2, 0) is 4.79 Å². The second-order valence-corrected chi connectivity index (χ2v) is 4.16. The number of piperidine rings is 1. The highest BCUT2D eigenvalue weighted by molar-refractivity contribution is 5.75. The van der Waals surface area contributed by atoms with E-state index >= 15 is 0 Å². The SMILES string of the molecule is NNC(=O)CCCN1CCCC(CO)C1. The molecule has 0 radical (unpaired) electrons. The van der Waals surface area contributed by atoms with Crippen LogP contribution in [0.5, 0.6) is 0 Å². The molecule has 88 valence electrons. The molecule has 0 aromatic heterocycles. The van der Waals surface area contributed by atoms with E-state index in [-0.39, 0.29) is 12.5 Å². The first kappa shape index (κ1) is 12.4. The van der Waals surface area contributed by atoms with Crippen molar-refractivity contribution in [1.29, 1.82) is 0 Å². The number of carbonyl (C=O) groups is 1. The average molecular weight is 215 g/mol. The van der Waals surface area contributed by atoms with Gasteiger partial charge < -0.3 is 10.0 Å². The van der Waals surface area contributed by atoms with Crippen LogP contribution in [-0.4, -0.2) is 42.2 Å². The summed E-state index contributed by atoms with van der Waals surface area (Å²) in [6, 6.07) is 0. The van der Waals surface area contributed by atoms with Gasteiger partial charge in [-0.2, -0.15) is 0 Å². The van der Waals surface area contributed by atoms with Crippen molar-refractivity contribution in [1.82, 2.24) is 10.3 Å². The number of aliphatic hydroxyl groups is 1. The number of nitrogens with two attached hydrogens (primary N) is 1. The van der Waals surface area contributed by atoms with E-state index in [1.807, 2.05) is 0 Å². The van der Waals surface area contributed by atoms with E-state index in [1.54, 1.807) is 0 Å². The maximum atomic E-state index is 10.9. The molecule has 0 aromatic rings. The van der Waals surface area contributed by atoms with Crippen LogP contribution in [0.15, 0.2) is 0 Å². The van der Waals surface area contributed by atoms with E-state index in [2.05, 4.69) is 10.3 Å². The van der Waals surface area contributed by atoms with Gasteiger partial charge in [0.15, 0.2) is 0 Å². The van der Waals surface area contributed by atoms with Crippen molar-refractivity contribution in [2.75, 3.05) is 26.2 Å². The van der Waals surface area contributed by atoms with Gasteiger partial charge in [0.1, 0.15) is 0 Å². The third-order valence-corrected chi connectivity index (χ3v) is 2.90. The van der Waals surface area contributed by atoms with Gasteiger partial charge in [-0.25, -0.2) is 5.84 Å². The lowest BCUT2D eigenvalue weighted by Crippen LogP contribution is -2.38. The first-order chi connectivity index (χ1) is 7.26. The molecular formula is C10H21N3O2. The highest BCUT2D eigenvalue weighted by Gasteiger charge is 2.18. The van der Waals surface area contributed by atoms with Crippen LogP contribution in [0.2, 0.25) is 0 Å². The lowest BCUT2D eigenvalue weighted by Gasteiger charge is -2.31. The lowest BCUT2D eigenvalue weighted by atomic mass is 9.99. The maximum absolute atomic E-state index is 10.9. The summed E-state index contributed by atoms with van der Waals surface area (Å²) >= 11 is 0. The summed E-state index contributed by atoms with van der Waals surface area (Å²) in [5.74, 6) is 5.30. The Bertz CT molecular complexity index is 199. The first-order valence-corrected chi connectivity index (χ1v) is 5.59. The van der Waals surface area contributed by atoms with Crippen LogP contribution in [0, 0.1) is 5.92 Å². The van der Waals surface area contributed by atoms with E-state index in [1.165, 1.54) is 0 Å². The summed E-state index contributed by atoms with van der Waals surface area (Å²) in [4.78, 5) is 13.2. The number of nitrogens with one attached hydrogen (secondary N) is 1. The van der Waals surface area contributed by atoms with Crippen LogP contribution in [0.4, 0.5) is 0 Å². The average Bonchev–Trinajstić information content (AvgIpc) is 2.29. The summed E-state index contributed by atoms with van der Waals surface area (Å²) in [7, 11) is 0. The Morgan fingerprint density at radius 3 is 3.07 bits per heavy atom. The Labute approximate surface area is 90.6 Å². The fourth-order valence-electron chi connectivity index (χ4n) is 2.04. The number of nitrogens with zero attached hydrogens (tertiary/aromatic N) is 1. The third kappa shape index (κ3) is 4.59. The van der Waals surface area contributed by atoms with E-state index in [0.717, 1.165) is 38.9 Å². The van der Waals surface area contributed by atoms with Crippen LogP contribution >= 0.6 is 0 Å². The van der Waals surface area contributed by atoms with E-state index in [9.17, 15) is 4.79 Å². The smallest absolute Gasteiger partial charge is 0.233 e. The monoisotopic (exact) mass is 215 g/mol. The second-order valence-electron chi connectivity index (χ2n) is 4.16. The summed E-state index contributed by atoms with van der Waals surface area (Å²) in [6.07, 6.45) is 3.59. The number of hydrogen-bond donors (Lipinski definition) is 3. The lowest BCUT2D eigenvalue weighted by molar-refractivity contribution is -0.121. The zero-order valence-corrected chi connectivity index (χ0v) is 9.11. The minimum atomic E-state index is -0.106. The van der Waals surface area contributed by atoms with Crippen molar-refractivity contribution < 1.29 is 9.90 Å². The maximum Gasteiger partial charge on any atom is 0.233 e. The highest BCUT2D eigenvalue weighted by atomic mass is 16.3. The molecule has 1 atom stereocenters. The number of aliphatic hydroxyl groups excluding tert-OH is 1. The van der Waals surface area contributed by atoms with Gasteiger partial charge >= 0.3 is 0 Å². The minimum absolute atomic E-state index is 0.106. The molecule has 5 heteroatoms. The van der Waals surface area contributed by atoms with Gasteiger partial charge in [0.25, 0.3) is 0 Å². The first-order valence-electron chi connectivity index (χ1n) is 5.59. The summed E-state index contributed by atoms with van der Waals surface area (Å²) in [5.41, 5.74) is 2.13. The van der Waals surface area contributed by atoms with E-state index in [0.29, 0.717) is 12.3 Å². The summed E-state index contributed by atoms with van der Waals surface area (Å²) in [6.45, 7) is 3.24. The molecule has 5 nitrogen and oxygen atoms in total. The van der Waals surface area contributed by atoms with Crippen LogP contribution in [0.1, 0.15) is 25.7 Å². The minimum Gasteiger partial charge on any atom is -0.396 e. The van der Waals surface area contributed by atoms with Crippen molar-refractivity contribution in [3.8, 4) is 0 Å². The third-order valence-electron chi connectivity index (χ3n) is 2.90. The Morgan fingerprint density at radius 1 is 1.60 bits per heavy atom. The number of likely N-dealkylation sites (tertiary alicyclic amines) is 1. The van der Waals surface area contributed by atoms with Gasteiger partial charge in [0.05, 0.1) is 0 Å². The fourth-order valence-corrected chi connectivity index (χ4v) is 2.04. The standard InChI is InChI=1S/C10H21N3O2/c11-12-10(15)4-2-6-13-5-1-3-9(7-13)8-14/h9,14H,1-8,11H2,(H,12,15). The molecule has 1 heterocycles. The molecule has 0 spiro atoms. The number of hydrazine groups is 1. The fraction of sp³-hybridized carbons (Fsp3) is 0.900. The molecule has 0 bridgehead atoms. The molecule has 0 saturated carbocycles. The Balaban J connectivity index is 2.12. The van der Waals surface area contributed by atoms with Crippen LogP contribution < -0.4 is 11.3 Å². The number of rotatable bonds is 5. The molecule has 0 aliphatic carbocycles. The van der Waals surface area contributed by atoms with Crippen molar-refractivity contribution in [3.05, 3.63) is 0 Å². The van der Waals surface area contributed by atoms with Gasteiger partial charge in [-0.1, -0.05) is 0 Å². The van der Waals surface area contributed by atoms with E-state index in [4.69, 9.17) is 10.9 Å². The van der Waals surface area contributed by atoms with Gasteiger partial charge in [0, 0.05) is 19.6 Å². The molecule has 15 heavy (non-hydrogen) atoms. The van der Waals surface area contributed by atoms with Gasteiger partial charge in [-0.3, -0.25) is 10.2 Å². The van der Waals surface area contributed by atoms with Crippen LogP contribution in [0.25, 0.3) is 0 Å². The molecule has 0 aromatic carbocycles. The Kier molecular flexibility index (Phi) is 5.60. The predicted octanol–water partition coefficient (Wildman–Crippen LogP) is -0.539. The Morgan fingerprint density at radius 2 is 2.40 bits per heavy atom. The predicted molar refractivity (Wildman–Crippen MR) is 57.8 cm³/mol. The summed E-state index contributed by atoms with van der Waals surface area (Å²) in [5, 5.41) is 9.05. The van der Waals surface area contributed by atoms with Gasteiger partial charge in [0.2, 0.25) is 5.91 Å². The normalized spacial score (nSPS) is 22.7. The van der Waals surface area contributed by atoms with Gasteiger partial charge in [-0.15, -0.1) is 0 Å². The quantitative estimate of drug-likeness (QED) is 0.327. The van der Waals surface area contributed by atoms with E-state index < -0.39 is 0 Å². The number of carbonyl (C=O) groups excluding carboxylic acids is 1. The van der Waals surface area contributed by atoms with Crippen molar-refractivity contribution in [3.63, 3.8) is 0 Å². The molecule has 1 aliphatic heterocycles. The largest absolute Gasteiger partial charge is 0.396 e. The highest BCUT2D eigenvalue weighted by Crippen LogP contribution is 2.15. The van der Waals surface area contributed by atoms with Crippen molar-refractivity contribution in [2.24, 2.45) is 11.8 Å².